The van der Waals surface area contributed by atoms with Crippen molar-refractivity contribution in [2.45, 2.75) is 32.7 Å². The van der Waals surface area contributed by atoms with Crippen LogP contribution in [0.5, 0.6) is 5.75 Å². The Morgan fingerprint density at radius 2 is 1.88 bits per heavy atom. The standard InChI is InChI=1S/C27H23BrN2O4/c1-3-4-14-33-19-11-8-17(9-12-19)24-23-25(31)20-15-18(28)10-13-21(20)34-26(23)27(32)30(24)22-7-5-6-16(2)29-22/h5-13,15,24H,3-4,14H2,1-2H3. The van der Waals surface area contributed by atoms with Crippen LogP contribution in [0.1, 0.15) is 53.2 Å². The number of anilines is 1. The van der Waals surface area contributed by atoms with Crippen LogP contribution < -0.4 is 15.1 Å². The summed E-state index contributed by atoms with van der Waals surface area (Å²) in [5.41, 5.74) is 2.01. The molecule has 172 valence electrons. The maximum Gasteiger partial charge on any atom is 0.296 e. The molecule has 6 nitrogen and oxygen atoms in total. The number of fused-ring (bicyclic) bond motifs is 2. The summed E-state index contributed by atoms with van der Waals surface area (Å²) >= 11 is 3.43. The van der Waals surface area contributed by atoms with Gasteiger partial charge in [-0.25, -0.2) is 4.98 Å². The van der Waals surface area contributed by atoms with E-state index < -0.39 is 6.04 Å². The van der Waals surface area contributed by atoms with Crippen LogP contribution in [-0.4, -0.2) is 17.5 Å². The largest absolute Gasteiger partial charge is 0.494 e. The Labute approximate surface area is 205 Å². The van der Waals surface area contributed by atoms with Gasteiger partial charge in [-0.2, -0.15) is 0 Å². The fourth-order valence-corrected chi connectivity index (χ4v) is 4.60. The summed E-state index contributed by atoms with van der Waals surface area (Å²) in [5.74, 6) is 0.880. The first-order chi connectivity index (χ1) is 16.5. The minimum atomic E-state index is -0.666. The van der Waals surface area contributed by atoms with Crippen molar-refractivity contribution in [1.82, 2.24) is 4.98 Å². The number of carbonyl (C=O) groups excluding carboxylic acids is 1. The zero-order chi connectivity index (χ0) is 23.8. The fraction of sp³-hybridized carbons (Fsp3) is 0.222. The van der Waals surface area contributed by atoms with E-state index in [2.05, 4.69) is 27.8 Å². The zero-order valence-electron chi connectivity index (χ0n) is 18.9. The van der Waals surface area contributed by atoms with E-state index in [0.717, 1.165) is 34.3 Å². The van der Waals surface area contributed by atoms with Gasteiger partial charge in [0, 0.05) is 10.2 Å². The van der Waals surface area contributed by atoms with E-state index in [1.807, 2.05) is 43.3 Å². The number of aromatic nitrogens is 1. The first-order valence-electron chi connectivity index (χ1n) is 11.2. The van der Waals surface area contributed by atoms with Crippen molar-refractivity contribution in [3.05, 3.63) is 97.9 Å². The van der Waals surface area contributed by atoms with E-state index in [4.69, 9.17) is 9.15 Å². The number of pyridine rings is 1. The van der Waals surface area contributed by atoms with Crippen molar-refractivity contribution >= 4 is 38.6 Å². The maximum atomic E-state index is 13.7. The third kappa shape index (κ3) is 3.90. The number of hydrogen-bond acceptors (Lipinski definition) is 5. The predicted octanol–water partition coefficient (Wildman–Crippen LogP) is 6.19. The lowest BCUT2D eigenvalue weighted by molar-refractivity contribution is 0.0970. The van der Waals surface area contributed by atoms with E-state index >= 15 is 0 Å². The van der Waals surface area contributed by atoms with Gasteiger partial charge in [0.15, 0.2) is 5.43 Å². The molecule has 5 rings (SSSR count). The molecular weight excluding hydrogens is 496 g/mol. The highest BCUT2D eigenvalue weighted by Crippen LogP contribution is 2.41. The van der Waals surface area contributed by atoms with E-state index in [1.165, 1.54) is 0 Å². The van der Waals surface area contributed by atoms with Crippen LogP contribution in [0.4, 0.5) is 5.82 Å². The average molecular weight is 519 g/mol. The lowest BCUT2D eigenvalue weighted by Crippen LogP contribution is -2.30. The highest BCUT2D eigenvalue weighted by molar-refractivity contribution is 9.10. The lowest BCUT2D eigenvalue weighted by Gasteiger charge is -2.24. The van der Waals surface area contributed by atoms with Gasteiger partial charge < -0.3 is 9.15 Å². The molecule has 0 radical (unpaired) electrons. The molecular formula is C27H23BrN2O4. The monoisotopic (exact) mass is 518 g/mol. The van der Waals surface area contributed by atoms with Gasteiger partial charge in [0.2, 0.25) is 5.76 Å². The van der Waals surface area contributed by atoms with Crippen molar-refractivity contribution in [1.29, 1.82) is 0 Å². The summed E-state index contributed by atoms with van der Waals surface area (Å²) in [6.07, 6.45) is 2.03. The van der Waals surface area contributed by atoms with Crippen LogP contribution in [0.2, 0.25) is 0 Å². The van der Waals surface area contributed by atoms with Crippen molar-refractivity contribution in [3.63, 3.8) is 0 Å². The molecule has 4 aromatic rings. The smallest absolute Gasteiger partial charge is 0.296 e. The Balaban J connectivity index is 1.68. The molecule has 0 spiro atoms. The van der Waals surface area contributed by atoms with E-state index in [9.17, 15) is 9.59 Å². The minimum Gasteiger partial charge on any atom is -0.494 e. The molecule has 1 aliphatic heterocycles. The summed E-state index contributed by atoms with van der Waals surface area (Å²) in [5, 5.41) is 0.421. The molecule has 7 heteroatoms. The Bertz CT molecular complexity index is 1450. The first-order valence-corrected chi connectivity index (χ1v) is 12.0. The van der Waals surface area contributed by atoms with Gasteiger partial charge >= 0.3 is 0 Å². The molecule has 0 aliphatic carbocycles. The van der Waals surface area contributed by atoms with Gasteiger partial charge in [-0.1, -0.05) is 47.5 Å². The Kier molecular flexibility index (Phi) is 5.96. The summed E-state index contributed by atoms with van der Waals surface area (Å²) in [6.45, 7) is 4.62. The molecule has 1 amide bonds. The Morgan fingerprint density at radius 1 is 1.09 bits per heavy atom. The van der Waals surface area contributed by atoms with Crippen LogP contribution in [-0.2, 0) is 0 Å². The molecule has 2 aromatic carbocycles. The van der Waals surface area contributed by atoms with Crippen LogP contribution in [0, 0.1) is 6.92 Å². The van der Waals surface area contributed by atoms with Crippen LogP contribution in [0.25, 0.3) is 11.0 Å². The molecule has 2 aromatic heterocycles. The summed E-state index contributed by atoms with van der Waals surface area (Å²) in [6, 6.07) is 17.5. The molecule has 0 saturated carbocycles. The van der Waals surface area contributed by atoms with Gasteiger partial charge in [0.1, 0.15) is 17.2 Å². The molecule has 1 atom stereocenters. The molecule has 0 fully saturated rings. The molecule has 0 N–H and O–H groups in total. The second-order valence-electron chi connectivity index (χ2n) is 8.30. The highest BCUT2D eigenvalue weighted by Gasteiger charge is 2.44. The summed E-state index contributed by atoms with van der Waals surface area (Å²) in [7, 11) is 0. The number of aryl methyl sites for hydroxylation is 1. The topological polar surface area (TPSA) is 72.6 Å². The highest BCUT2D eigenvalue weighted by atomic mass is 79.9. The van der Waals surface area contributed by atoms with Gasteiger partial charge in [0.25, 0.3) is 5.91 Å². The molecule has 34 heavy (non-hydrogen) atoms. The quantitative estimate of drug-likeness (QED) is 0.284. The van der Waals surface area contributed by atoms with Gasteiger partial charge in [0.05, 0.1) is 23.6 Å². The third-order valence-corrected chi connectivity index (χ3v) is 6.41. The van der Waals surface area contributed by atoms with E-state index in [-0.39, 0.29) is 17.1 Å². The van der Waals surface area contributed by atoms with Crippen LogP contribution in [0.15, 0.2) is 74.3 Å². The Hall–Kier alpha value is -3.45. The van der Waals surface area contributed by atoms with Gasteiger partial charge in [-0.05, 0) is 61.4 Å². The number of rotatable bonds is 6. The number of benzene rings is 2. The number of halogens is 1. The lowest BCUT2D eigenvalue weighted by atomic mass is 9.98. The van der Waals surface area contributed by atoms with Crippen LogP contribution in [0.3, 0.4) is 0 Å². The molecule has 0 bridgehead atoms. The minimum absolute atomic E-state index is 0.0522. The second kappa shape index (κ2) is 9.06. The number of nitrogens with zero attached hydrogens (tertiary/aromatic N) is 2. The second-order valence-corrected chi connectivity index (χ2v) is 9.22. The van der Waals surface area contributed by atoms with Gasteiger partial charge in [-0.3, -0.25) is 14.5 Å². The third-order valence-electron chi connectivity index (χ3n) is 5.92. The van der Waals surface area contributed by atoms with E-state index in [0.29, 0.717) is 29.0 Å². The van der Waals surface area contributed by atoms with Crippen molar-refractivity contribution < 1.29 is 13.9 Å². The zero-order valence-corrected chi connectivity index (χ0v) is 20.5. The van der Waals surface area contributed by atoms with E-state index in [1.54, 1.807) is 29.2 Å². The number of unbranched alkanes of at least 4 members (excludes halogenated alkanes) is 1. The molecule has 1 aliphatic rings. The summed E-state index contributed by atoms with van der Waals surface area (Å²) in [4.78, 5) is 33.4. The number of hydrogen-bond donors (Lipinski definition) is 0. The molecule has 3 heterocycles. The van der Waals surface area contributed by atoms with Crippen LogP contribution >= 0.6 is 15.9 Å². The van der Waals surface area contributed by atoms with Crippen molar-refractivity contribution in [3.8, 4) is 5.75 Å². The summed E-state index contributed by atoms with van der Waals surface area (Å²) < 4.78 is 12.6. The van der Waals surface area contributed by atoms with Crippen molar-refractivity contribution in [2.75, 3.05) is 11.5 Å². The first kappa shape index (κ1) is 22.3. The molecule has 0 saturated heterocycles. The normalized spacial score (nSPS) is 15.1. The SMILES string of the molecule is CCCCOc1ccc(C2c3c(oc4ccc(Br)cc4c3=O)C(=O)N2c2cccc(C)n2)cc1. The number of amides is 1. The fourth-order valence-electron chi connectivity index (χ4n) is 4.24. The van der Waals surface area contributed by atoms with Gasteiger partial charge in [-0.15, -0.1) is 0 Å². The average Bonchev–Trinajstić information content (AvgIpc) is 3.13. The number of ether oxygens (including phenoxy) is 1. The number of carbonyl (C=O) groups is 1. The molecule has 1 unspecified atom stereocenters. The van der Waals surface area contributed by atoms with Crippen molar-refractivity contribution in [2.24, 2.45) is 0 Å². The predicted molar refractivity (Wildman–Crippen MR) is 135 cm³/mol. The maximum absolute atomic E-state index is 13.7. The Morgan fingerprint density at radius 3 is 2.62 bits per heavy atom.